The second-order valence-corrected chi connectivity index (χ2v) is 8.77. The maximum Gasteiger partial charge on any atom is 0.249 e. The number of pyridine rings is 2. The Kier molecular flexibility index (Phi) is 7.25. The predicted molar refractivity (Wildman–Crippen MR) is 137 cm³/mol. The molecule has 0 fully saturated rings. The maximum absolute atomic E-state index is 13.8. The van der Waals surface area contributed by atoms with Gasteiger partial charge in [0.25, 0.3) is 0 Å². The molecule has 196 valence electrons. The number of alkyl halides is 1. The van der Waals surface area contributed by atoms with Crippen LogP contribution in [0.25, 0.3) is 10.9 Å². The molecule has 1 atom stereocenters. The second kappa shape index (κ2) is 10.9. The van der Waals surface area contributed by atoms with Gasteiger partial charge in [0, 0.05) is 23.3 Å². The Labute approximate surface area is 223 Å². The summed E-state index contributed by atoms with van der Waals surface area (Å²) in [6.07, 6.45) is 3.96. The Bertz CT molecular complexity index is 1700. The lowest BCUT2D eigenvalue weighted by atomic mass is 10.0. The van der Waals surface area contributed by atoms with Gasteiger partial charge in [-0.15, -0.1) is 5.10 Å². The molecule has 0 aliphatic carbocycles. The molecule has 0 spiro atoms. The van der Waals surface area contributed by atoms with Gasteiger partial charge in [0.2, 0.25) is 5.95 Å². The van der Waals surface area contributed by atoms with Gasteiger partial charge in [-0.05, 0) is 29.8 Å². The first kappa shape index (κ1) is 25.9. The van der Waals surface area contributed by atoms with Gasteiger partial charge >= 0.3 is 0 Å². The third kappa shape index (κ3) is 5.44. The molecule has 2 aromatic carbocycles. The molecule has 0 unspecified atom stereocenters. The van der Waals surface area contributed by atoms with Crippen molar-refractivity contribution in [3.8, 4) is 6.07 Å². The van der Waals surface area contributed by atoms with E-state index in [0.29, 0.717) is 27.8 Å². The summed E-state index contributed by atoms with van der Waals surface area (Å²) < 4.78 is 55.0. The van der Waals surface area contributed by atoms with E-state index >= 15 is 0 Å². The highest BCUT2D eigenvalue weighted by Crippen LogP contribution is 2.36. The van der Waals surface area contributed by atoms with E-state index in [1.54, 1.807) is 30.5 Å². The van der Waals surface area contributed by atoms with E-state index in [4.69, 9.17) is 11.6 Å². The first-order chi connectivity index (χ1) is 18.9. The number of aryl methyl sites for hydroxylation is 1. The molecular weight excluding hydrogens is 536 g/mol. The van der Waals surface area contributed by atoms with Crippen molar-refractivity contribution >= 4 is 39.6 Å². The molecule has 5 rings (SSSR count). The molecule has 0 saturated carbocycles. The number of nitrogens with zero attached hydrogens (tertiary/aromatic N) is 6. The van der Waals surface area contributed by atoms with Crippen molar-refractivity contribution in [2.24, 2.45) is 0 Å². The fourth-order valence-corrected chi connectivity index (χ4v) is 4.26. The van der Waals surface area contributed by atoms with Crippen molar-refractivity contribution in [2.45, 2.75) is 12.6 Å². The van der Waals surface area contributed by atoms with Gasteiger partial charge in [0.1, 0.15) is 24.3 Å². The topological polar surface area (TPSA) is 104 Å². The number of fused-ring (bicyclic) bond motifs is 1. The Morgan fingerprint density at radius 3 is 2.54 bits per heavy atom. The largest absolute Gasteiger partial charge is 0.373 e. The molecule has 0 amide bonds. The summed E-state index contributed by atoms with van der Waals surface area (Å²) in [7, 11) is 0. The van der Waals surface area contributed by atoms with Crippen LogP contribution < -0.4 is 10.6 Å². The molecule has 0 bridgehead atoms. The van der Waals surface area contributed by atoms with Crippen molar-refractivity contribution < 1.29 is 17.6 Å². The third-order valence-corrected chi connectivity index (χ3v) is 6.08. The molecular formula is C26H17ClF4N8. The molecule has 8 nitrogen and oxygen atoms in total. The zero-order chi connectivity index (χ0) is 27.5. The molecule has 3 heterocycles. The minimum absolute atomic E-state index is 0.0153. The Morgan fingerprint density at radius 1 is 1.03 bits per heavy atom. The van der Waals surface area contributed by atoms with Crippen LogP contribution in [0.3, 0.4) is 0 Å². The predicted octanol–water partition coefficient (Wildman–Crippen LogP) is 6.08. The SMILES string of the molecule is N#Cc1cnc2c(Cl)cc(N[C@@H](c3ccc(F)cc3)c3cn(CCF)nn3)cc2c1Nc1cnc(F)c(F)c1. The number of nitrogens with one attached hydrogen (secondary N) is 2. The maximum atomic E-state index is 13.8. The van der Waals surface area contributed by atoms with Crippen LogP contribution in [0.2, 0.25) is 5.02 Å². The van der Waals surface area contributed by atoms with E-state index < -0.39 is 30.3 Å². The van der Waals surface area contributed by atoms with E-state index in [0.717, 1.165) is 12.3 Å². The zero-order valence-corrected chi connectivity index (χ0v) is 20.6. The van der Waals surface area contributed by atoms with Gasteiger partial charge in [-0.3, -0.25) is 4.98 Å². The molecule has 0 aliphatic heterocycles. The lowest BCUT2D eigenvalue weighted by Gasteiger charge is -2.20. The summed E-state index contributed by atoms with van der Waals surface area (Å²) in [5, 5.41) is 24.6. The number of hydrogen-bond acceptors (Lipinski definition) is 7. The Balaban J connectivity index is 1.60. The number of rotatable bonds is 8. The average Bonchev–Trinajstić information content (AvgIpc) is 3.39. The van der Waals surface area contributed by atoms with Gasteiger partial charge in [-0.2, -0.15) is 9.65 Å². The van der Waals surface area contributed by atoms with Gasteiger partial charge in [-0.25, -0.2) is 22.8 Å². The number of benzene rings is 2. The lowest BCUT2D eigenvalue weighted by molar-refractivity contribution is 0.422. The lowest BCUT2D eigenvalue weighted by Crippen LogP contribution is -2.13. The van der Waals surface area contributed by atoms with E-state index in [1.165, 1.54) is 23.0 Å². The quantitative estimate of drug-likeness (QED) is 0.178. The van der Waals surface area contributed by atoms with Crippen molar-refractivity contribution in [3.05, 3.63) is 100 Å². The van der Waals surface area contributed by atoms with Gasteiger partial charge in [0.05, 0.1) is 52.5 Å². The monoisotopic (exact) mass is 552 g/mol. The Hall–Kier alpha value is -4.76. The standard InChI is InChI=1S/C26H17ClF4N8/c27-20-8-17(35-24(14-1-3-16(29)4-2-14)22-13-39(6-5-28)38-37-22)7-19-23(15(10-32)11-33-25(19)20)36-18-9-21(30)26(31)34-12-18/h1-4,7-9,11-13,24,35H,5-6H2,(H,33,36)/t24-/m0/s1. The highest BCUT2D eigenvalue weighted by molar-refractivity contribution is 6.36. The highest BCUT2D eigenvalue weighted by atomic mass is 35.5. The van der Waals surface area contributed by atoms with E-state index in [9.17, 15) is 22.8 Å². The minimum atomic E-state index is -1.26. The van der Waals surface area contributed by atoms with Gasteiger partial charge in [0.15, 0.2) is 5.82 Å². The molecule has 39 heavy (non-hydrogen) atoms. The van der Waals surface area contributed by atoms with Crippen LogP contribution in [0.4, 0.5) is 34.6 Å². The van der Waals surface area contributed by atoms with Crippen LogP contribution in [0.15, 0.2) is 61.1 Å². The van der Waals surface area contributed by atoms with Crippen LogP contribution in [-0.2, 0) is 6.54 Å². The fourth-order valence-electron chi connectivity index (χ4n) is 3.99. The normalized spacial score (nSPS) is 11.8. The van der Waals surface area contributed by atoms with Gasteiger partial charge in [-0.1, -0.05) is 28.9 Å². The molecule has 2 N–H and O–H groups in total. The smallest absolute Gasteiger partial charge is 0.249 e. The molecule has 0 radical (unpaired) electrons. The van der Waals surface area contributed by atoms with Crippen LogP contribution in [-0.4, -0.2) is 31.6 Å². The summed E-state index contributed by atoms with van der Waals surface area (Å²) in [6, 6.07) is 11.3. The zero-order valence-electron chi connectivity index (χ0n) is 19.8. The number of aromatic nitrogens is 5. The van der Waals surface area contributed by atoms with Crippen molar-refractivity contribution in [1.29, 1.82) is 5.26 Å². The number of nitriles is 1. The van der Waals surface area contributed by atoms with Gasteiger partial charge < -0.3 is 10.6 Å². The van der Waals surface area contributed by atoms with Crippen LogP contribution >= 0.6 is 11.6 Å². The second-order valence-electron chi connectivity index (χ2n) is 8.36. The number of halogens is 5. The summed E-state index contributed by atoms with van der Waals surface area (Å²) in [5.41, 5.74) is 2.33. The summed E-state index contributed by atoms with van der Waals surface area (Å²) in [4.78, 5) is 7.65. The summed E-state index contributed by atoms with van der Waals surface area (Å²) >= 11 is 6.56. The molecule has 3 aromatic heterocycles. The number of hydrogen-bond donors (Lipinski definition) is 2. The van der Waals surface area contributed by atoms with Crippen LogP contribution in [0, 0.1) is 28.9 Å². The molecule has 0 aliphatic rings. The van der Waals surface area contributed by atoms with Crippen LogP contribution in [0.1, 0.15) is 22.9 Å². The molecule has 13 heteroatoms. The third-order valence-electron chi connectivity index (χ3n) is 5.79. The summed E-state index contributed by atoms with van der Waals surface area (Å²) in [6.45, 7) is -0.614. The van der Waals surface area contributed by atoms with E-state index in [-0.39, 0.29) is 28.5 Å². The molecule has 0 saturated heterocycles. The fraction of sp³-hybridized carbons (Fsp3) is 0.115. The Morgan fingerprint density at radius 2 is 1.82 bits per heavy atom. The van der Waals surface area contributed by atoms with Crippen molar-refractivity contribution in [1.82, 2.24) is 25.0 Å². The summed E-state index contributed by atoms with van der Waals surface area (Å²) in [5.74, 6) is -2.85. The first-order valence-corrected chi connectivity index (χ1v) is 11.8. The number of anilines is 3. The van der Waals surface area contributed by atoms with Crippen molar-refractivity contribution in [2.75, 3.05) is 17.3 Å². The molecule has 5 aromatic rings. The van der Waals surface area contributed by atoms with Crippen molar-refractivity contribution in [3.63, 3.8) is 0 Å². The average molecular weight is 553 g/mol. The highest BCUT2D eigenvalue weighted by Gasteiger charge is 2.20. The minimum Gasteiger partial charge on any atom is -0.373 e. The van der Waals surface area contributed by atoms with E-state index in [2.05, 4.69) is 30.9 Å². The van der Waals surface area contributed by atoms with Crippen LogP contribution in [0.5, 0.6) is 0 Å². The first-order valence-electron chi connectivity index (χ1n) is 11.4. The van der Waals surface area contributed by atoms with E-state index in [1.807, 2.05) is 6.07 Å².